The smallest absolute Gasteiger partial charge is 0.257 e. The summed E-state index contributed by atoms with van der Waals surface area (Å²) in [5, 5.41) is 2.46. The Labute approximate surface area is 167 Å². The molecule has 2 aromatic rings. The maximum Gasteiger partial charge on any atom is 0.257 e. The molecule has 0 aromatic heterocycles. The molecule has 5 heteroatoms. The van der Waals surface area contributed by atoms with Gasteiger partial charge >= 0.3 is 0 Å². The van der Waals surface area contributed by atoms with Crippen molar-refractivity contribution in [3.63, 3.8) is 0 Å². The van der Waals surface area contributed by atoms with Crippen LogP contribution in [0, 0.1) is 0 Å². The number of carbonyl (C=O) groups is 2. The molecule has 28 heavy (non-hydrogen) atoms. The predicted octanol–water partition coefficient (Wildman–Crippen LogP) is 3.77. The molecule has 0 aliphatic carbocycles. The average Bonchev–Trinajstić information content (AvgIpc) is 2.62. The lowest BCUT2D eigenvalue weighted by molar-refractivity contribution is -0.121. The summed E-state index contributed by atoms with van der Waals surface area (Å²) in [6.45, 7) is 9.67. The van der Waals surface area contributed by atoms with Gasteiger partial charge in [0.05, 0.1) is 13.2 Å². The lowest BCUT2D eigenvalue weighted by Gasteiger charge is -2.19. The van der Waals surface area contributed by atoms with Crippen molar-refractivity contribution in [2.24, 2.45) is 0 Å². The van der Waals surface area contributed by atoms with Crippen LogP contribution in [-0.4, -0.2) is 36.9 Å². The molecule has 0 fully saturated rings. The molecule has 0 saturated carbocycles. The van der Waals surface area contributed by atoms with E-state index in [2.05, 4.69) is 26.1 Å². The number of hydrogen-bond donors (Lipinski definition) is 1. The zero-order valence-corrected chi connectivity index (χ0v) is 17.4. The van der Waals surface area contributed by atoms with E-state index in [4.69, 9.17) is 4.74 Å². The van der Waals surface area contributed by atoms with E-state index in [0.717, 1.165) is 16.9 Å². The first-order valence-electron chi connectivity index (χ1n) is 9.54. The summed E-state index contributed by atoms with van der Waals surface area (Å²) in [6, 6.07) is 15.1. The Bertz CT molecular complexity index is 790. The quantitative estimate of drug-likeness (QED) is 0.792. The molecule has 0 saturated heterocycles. The van der Waals surface area contributed by atoms with E-state index in [-0.39, 0.29) is 23.8 Å². The van der Waals surface area contributed by atoms with E-state index in [1.54, 1.807) is 12.1 Å². The molecule has 2 rings (SSSR count). The minimum atomic E-state index is -0.375. The van der Waals surface area contributed by atoms with Gasteiger partial charge in [0.2, 0.25) is 5.91 Å². The van der Waals surface area contributed by atoms with Crippen LogP contribution in [0.5, 0.6) is 5.75 Å². The summed E-state index contributed by atoms with van der Waals surface area (Å²) >= 11 is 0. The fraction of sp³-hybridized carbons (Fsp3) is 0.391. The Morgan fingerprint density at radius 1 is 1.00 bits per heavy atom. The fourth-order valence-electron chi connectivity index (χ4n) is 2.83. The maximum atomic E-state index is 12.3. The summed E-state index contributed by atoms with van der Waals surface area (Å²) < 4.78 is 5.43. The van der Waals surface area contributed by atoms with Crippen LogP contribution in [0.4, 0.5) is 0 Å². The molecule has 2 amide bonds. The van der Waals surface area contributed by atoms with Crippen LogP contribution in [0.15, 0.2) is 48.5 Å². The average molecular weight is 383 g/mol. The van der Waals surface area contributed by atoms with Gasteiger partial charge in [-0.3, -0.25) is 19.8 Å². The number of rotatable bonds is 7. The molecular weight excluding hydrogens is 352 g/mol. The Kier molecular flexibility index (Phi) is 7.35. The van der Waals surface area contributed by atoms with E-state index in [1.165, 1.54) is 0 Å². The molecule has 0 atom stereocenters. The van der Waals surface area contributed by atoms with Crippen molar-refractivity contribution in [1.29, 1.82) is 0 Å². The lowest BCUT2D eigenvalue weighted by Crippen LogP contribution is -2.38. The van der Waals surface area contributed by atoms with Crippen molar-refractivity contribution in [2.45, 2.75) is 39.7 Å². The number of hydrogen-bond acceptors (Lipinski definition) is 4. The summed E-state index contributed by atoms with van der Waals surface area (Å²) in [6.07, 6.45) is 0. The number of ether oxygens (including phenoxy) is 1. The lowest BCUT2D eigenvalue weighted by atomic mass is 9.87. The van der Waals surface area contributed by atoms with Gasteiger partial charge in [0.15, 0.2) is 0 Å². The largest absolute Gasteiger partial charge is 0.494 e. The summed E-state index contributed by atoms with van der Waals surface area (Å²) in [5.41, 5.74) is 2.72. The number of likely N-dealkylation sites (N-methyl/N-ethyl adjacent to an activating group) is 1. The summed E-state index contributed by atoms with van der Waals surface area (Å²) in [5.74, 6) is 0.132. The fourth-order valence-corrected chi connectivity index (χ4v) is 2.83. The predicted molar refractivity (Wildman–Crippen MR) is 112 cm³/mol. The Balaban J connectivity index is 1.85. The summed E-state index contributed by atoms with van der Waals surface area (Å²) in [7, 11) is 1.85. The number of benzene rings is 2. The third-order valence-electron chi connectivity index (χ3n) is 4.37. The molecule has 0 aliphatic heterocycles. The first kappa shape index (κ1) is 21.6. The van der Waals surface area contributed by atoms with Gasteiger partial charge in [-0.05, 0) is 54.8 Å². The van der Waals surface area contributed by atoms with E-state index in [0.29, 0.717) is 18.7 Å². The number of amides is 2. The normalized spacial score (nSPS) is 11.4. The Hall–Kier alpha value is -2.66. The van der Waals surface area contributed by atoms with Gasteiger partial charge < -0.3 is 4.74 Å². The van der Waals surface area contributed by atoms with Crippen molar-refractivity contribution in [3.05, 3.63) is 65.2 Å². The van der Waals surface area contributed by atoms with Gasteiger partial charge in [0.1, 0.15) is 5.75 Å². The number of imide groups is 1. The minimum absolute atomic E-state index is 0.0222. The van der Waals surface area contributed by atoms with E-state index < -0.39 is 0 Å². The monoisotopic (exact) mass is 382 g/mol. The molecule has 0 bridgehead atoms. The molecule has 0 unspecified atom stereocenters. The van der Waals surface area contributed by atoms with Gasteiger partial charge in [0.25, 0.3) is 5.91 Å². The maximum absolute atomic E-state index is 12.3. The molecule has 0 radical (unpaired) electrons. The van der Waals surface area contributed by atoms with Crippen LogP contribution in [0.25, 0.3) is 0 Å². The number of nitrogens with one attached hydrogen (secondary N) is 1. The molecule has 1 N–H and O–H groups in total. The molecule has 150 valence electrons. The second-order valence-electron chi connectivity index (χ2n) is 7.95. The highest BCUT2D eigenvalue weighted by Crippen LogP contribution is 2.22. The standard InChI is InChI=1S/C23H30N2O3/c1-6-28-20-13-7-17(8-14-20)15-25(5)16-21(26)24-22(27)18-9-11-19(12-10-18)23(2,3)4/h7-14H,6,15-16H2,1-5H3,(H,24,26,27). The highest BCUT2D eigenvalue weighted by molar-refractivity contribution is 6.05. The molecule has 0 heterocycles. The molecule has 0 spiro atoms. The van der Waals surface area contributed by atoms with Gasteiger partial charge in [-0.1, -0.05) is 45.0 Å². The van der Waals surface area contributed by atoms with Gasteiger partial charge in [0, 0.05) is 12.1 Å². The van der Waals surface area contributed by atoms with Crippen LogP contribution >= 0.6 is 0 Å². The van der Waals surface area contributed by atoms with Crippen LogP contribution in [-0.2, 0) is 16.8 Å². The Morgan fingerprint density at radius 2 is 1.61 bits per heavy atom. The van der Waals surface area contributed by atoms with E-state index in [9.17, 15) is 9.59 Å². The topological polar surface area (TPSA) is 58.6 Å². The van der Waals surface area contributed by atoms with Crippen molar-refractivity contribution in [2.75, 3.05) is 20.2 Å². The number of nitrogens with zero attached hydrogens (tertiary/aromatic N) is 1. The van der Waals surface area contributed by atoms with Crippen LogP contribution < -0.4 is 10.1 Å². The van der Waals surface area contributed by atoms with Crippen LogP contribution in [0.3, 0.4) is 0 Å². The SMILES string of the molecule is CCOc1ccc(CN(C)CC(=O)NC(=O)c2ccc(C(C)(C)C)cc2)cc1. The highest BCUT2D eigenvalue weighted by Gasteiger charge is 2.16. The van der Waals surface area contributed by atoms with Crippen molar-refractivity contribution in [3.8, 4) is 5.75 Å². The first-order valence-corrected chi connectivity index (χ1v) is 9.54. The number of carbonyl (C=O) groups excluding carboxylic acids is 2. The van der Waals surface area contributed by atoms with Gasteiger partial charge in [-0.2, -0.15) is 0 Å². The molecule has 2 aromatic carbocycles. The summed E-state index contributed by atoms with van der Waals surface area (Å²) in [4.78, 5) is 26.4. The van der Waals surface area contributed by atoms with E-state index in [1.807, 2.05) is 55.3 Å². The van der Waals surface area contributed by atoms with Crippen molar-refractivity contribution in [1.82, 2.24) is 10.2 Å². The van der Waals surface area contributed by atoms with Crippen molar-refractivity contribution < 1.29 is 14.3 Å². The second kappa shape index (κ2) is 9.51. The van der Waals surface area contributed by atoms with Gasteiger partial charge in [-0.15, -0.1) is 0 Å². The third kappa shape index (κ3) is 6.50. The van der Waals surface area contributed by atoms with Gasteiger partial charge in [-0.25, -0.2) is 0 Å². The molecule has 0 aliphatic rings. The Morgan fingerprint density at radius 3 is 2.14 bits per heavy atom. The zero-order valence-electron chi connectivity index (χ0n) is 17.4. The zero-order chi connectivity index (χ0) is 20.7. The van der Waals surface area contributed by atoms with Crippen LogP contribution in [0.1, 0.15) is 49.2 Å². The molecular formula is C23H30N2O3. The first-order chi connectivity index (χ1) is 13.2. The highest BCUT2D eigenvalue weighted by atomic mass is 16.5. The second-order valence-corrected chi connectivity index (χ2v) is 7.95. The van der Waals surface area contributed by atoms with Crippen LogP contribution in [0.2, 0.25) is 0 Å². The molecule has 5 nitrogen and oxygen atoms in total. The third-order valence-corrected chi connectivity index (χ3v) is 4.37. The van der Waals surface area contributed by atoms with E-state index >= 15 is 0 Å². The van der Waals surface area contributed by atoms with Crippen molar-refractivity contribution >= 4 is 11.8 Å². The minimum Gasteiger partial charge on any atom is -0.494 e.